The van der Waals surface area contributed by atoms with Gasteiger partial charge in [-0.25, -0.2) is 4.79 Å². The van der Waals surface area contributed by atoms with E-state index in [0.29, 0.717) is 25.9 Å². The molecule has 118 valence electrons. The van der Waals surface area contributed by atoms with Crippen LogP contribution in [-0.2, 0) is 9.59 Å². The highest BCUT2D eigenvalue weighted by Crippen LogP contribution is 2.28. The predicted octanol–water partition coefficient (Wildman–Crippen LogP) is -1.53. The summed E-state index contributed by atoms with van der Waals surface area (Å²) < 4.78 is 0. The quantitative estimate of drug-likeness (QED) is 0.534. The molecule has 8 nitrogen and oxygen atoms in total. The van der Waals surface area contributed by atoms with Gasteiger partial charge in [-0.2, -0.15) is 0 Å². The lowest BCUT2D eigenvalue weighted by Gasteiger charge is -2.35. The van der Waals surface area contributed by atoms with E-state index in [1.54, 1.807) is 0 Å². The van der Waals surface area contributed by atoms with Crippen LogP contribution in [0.3, 0.4) is 0 Å². The van der Waals surface area contributed by atoms with Crippen LogP contribution in [0.25, 0.3) is 0 Å². The third kappa shape index (κ3) is 3.33. The number of hydrogen-bond donors (Lipinski definition) is 3. The van der Waals surface area contributed by atoms with E-state index < -0.39 is 11.6 Å². The summed E-state index contributed by atoms with van der Waals surface area (Å²) >= 11 is 0. The number of hydrogen-bond acceptors (Lipinski definition) is 5. The Morgan fingerprint density at radius 3 is 2.67 bits per heavy atom. The molecule has 4 N–H and O–H groups in total. The lowest BCUT2D eigenvalue weighted by atomic mass is 9.87. The van der Waals surface area contributed by atoms with Gasteiger partial charge in [-0.1, -0.05) is 0 Å². The Balaban J connectivity index is 1.91. The molecule has 0 aromatic rings. The minimum absolute atomic E-state index is 0.106. The number of likely N-dealkylation sites (tertiary alicyclic amines) is 1. The van der Waals surface area contributed by atoms with Crippen molar-refractivity contribution in [3.63, 3.8) is 0 Å². The fraction of sp³-hybridized carbons (Fsp3) is 0.769. The van der Waals surface area contributed by atoms with Crippen molar-refractivity contribution in [2.75, 3.05) is 39.8 Å². The summed E-state index contributed by atoms with van der Waals surface area (Å²) in [6.45, 7) is 2.42. The van der Waals surface area contributed by atoms with Crippen LogP contribution in [0.5, 0.6) is 0 Å². The average molecular weight is 297 g/mol. The highest BCUT2D eigenvalue weighted by Gasteiger charge is 2.51. The van der Waals surface area contributed by atoms with Crippen molar-refractivity contribution >= 4 is 17.8 Å². The van der Waals surface area contributed by atoms with Crippen molar-refractivity contribution in [2.24, 2.45) is 5.73 Å². The molecule has 0 bridgehead atoms. The molecular weight excluding hydrogens is 274 g/mol. The summed E-state index contributed by atoms with van der Waals surface area (Å²) in [4.78, 5) is 39.3. The van der Waals surface area contributed by atoms with Crippen LogP contribution < -0.4 is 16.4 Å². The van der Waals surface area contributed by atoms with Gasteiger partial charge in [0.15, 0.2) is 0 Å². The summed E-state index contributed by atoms with van der Waals surface area (Å²) in [6, 6.07) is -0.392. The zero-order chi connectivity index (χ0) is 15.5. The third-order valence-corrected chi connectivity index (χ3v) is 4.12. The second-order valence-corrected chi connectivity index (χ2v) is 5.66. The normalized spacial score (nSPS) is 21.7. The molecule has 8 heteroatoms. The Kier molecular flexibility index (Phi) is 4.79. The van der Waals surface area contributed by atoms with Gasteiger partial charge in [0.1, 0.15) is 5.54 Å². The molecule has 2 rings (SSSR count). The molecule has 21 heavy (non-hydrogen) atoms. The highest BCUT2D eigenvalue weighted by molar-refractivity contribution is 6.07. The summed E-state index contributed by atoms with van der Waals surface area (Å²) in [5, 5.41) is 5.44. The molecule has 1 spiro atoms. The molecule has 0 radical (unpaired) electrons. The standard InChI is InChI=1S/C13H23N5O3/c1-17-8-3-13(4-9-17)11(20)18(12(21)16-13)7-2-10(19)15-6-5-14/h2-9,14H2,1H3,(H,15,19)(H,16,21). The third-order valence-electron chi connectivity index (χ3n) is 4.12. The van der Waals surface area contributed by atoms with Gasteiger partial charge in [-0.05, 0) is 19.9 Å². The number of nitrogens with two attached hydrogens (primary N) is 1. The van der Waals surface area contributed by atoms with Gasteiger partial charge in [0, 0.05) is 39.1 Å². The van der Waals surface area contributed by atoms with Crippen molar-refractivity contribution in [2.45, 2.75) is 24.8 Å². The number of amides is 4. The SMILES string of the molecule is CN1CCC2(CC1)NC(=O)N(CCC(=O)NCCN)C2=O. The first-order valence-electron chi connectivity index (χ1n) is 7.28. The number of piperidine rings is 1. The van der Waals surface area contributed by atoms with Crippen LogP contribution in [0, 0.1) is 0 Å². The van der Waals surface area contributed by atoms with Crippen molar-refractivity contribution in [3.8, 4) is 0 Å². The van der Waals surface area contributed by atoms with E-state index in [2.05, 4.69) is 15.5 Å². The molecule has 2 aliphatic rings. The molecule has 0 unspecified atom stereocenters. The lowest BCUT2D eigenvalue weighted by molar-refractivity contribution is -0.133. The molecular formula is C13H23N5O3. The van der Waals surface area contributed by atoms with E-state index >= 15 is 0 Å². The van der Waals surface area contributed by atoms with E-state index in [4.69, 9.17) is 5.73 Å². The molecule has 2 saturated heterocycles. The zero-order valence-electron chi connectivity index (χ0n) is 12.4. The van der Waals surface area contributed by atoms with Crippen LogP contribution >= 0.6 is 0 Å². The molecule has 0 aromatic heterocycles. The molecule has 0 saturated carbocycles. The molecule has 2 fully saturated rings. The Morgan fingerprint density at radius 1 is 1.38 bits per heavy atom. The van der Waals surface area contributed by atoms with Gasteiger partial charge >= 0.3 is 6.03 Å². The monoisotopic (exact) mass is 297 g/mol. The van der Waals surface area contributed by atoms with Crippen molar-refractivity contribution in [1.29, 1.82) is 0 Å². The Bertz CT molecular complexity index is 432. The minimum atomic E-state index is -0.767. The first kappa shape index (κ1) is 15.7. The van der Waals surface area contributed by atoms with Crippen molar-refractivity contribution < 1.29 is 14.4 Å². The number of nitrogens with zero attached hydrogens (tertiary/aromatic N) is 2. The fourth-order valence-corrected chi connectivity index (χ4v) is 2.73. The van der Waals surface area contributed by atoms with Crippen molar-refractivity contribution in [1.82, 2.24) is 20.4 Å². The maximum atomic E-state index is 12.5. The summed E-state index contributed by atoms with van der Waals surface area (Å²) in [5.74, 6) is -0.405. The first-order chi connectivity index (χ1) is 9.98. The van der Waals surface area contributed by atoms with Gasteiger partial charge in [0.2, 0.25) is 5.91 Å². The largest absolute Gasteiger partial charge is 0.355 e. The smallest absolute Gasteiger partial charge is 0.325 e. The molecule has 2 aliphatic heterocycles. The number of imide groups is 1. The number of rotatable bonds is 5. The summed E-state index contributed by atoms with van der Waals surface area (Å²) in [7, 11) is 1.99. The van der Waals surface area contributed by atoms with E-state index in [1.165, 1.54) is 0 Å². The van der Waals surface area contributed by atoms with E-state index in [-0.39, 0.29) is 24.8 Å². The molecule has 0 aromatic carbocycles. The van der Waals surface area contributed by atoms with E-state index in [0.717, 1.165) is 18.0 Å². The van der Waals surface area contributed by atoms with Crippen LogP contribution in [0.4, 0.5) is 4.79 Å². The van der Waals surface area contributed by atoms with Gasteiger partial charge in [0.05, 0.1) is 0 Å². The maximum Gasteiger partial charge on any atom is 0.325 e. The fourth-order valence-electron chi connectivity index (χ4n) is 2.73. The number of carbonyl (C=O) groups excluding carboxylic acids is 3. The van der Waals surface area contributed by atoms with E-state index in [1.807, 2.05) is 7.05 Å². The molecule has 4 amide bonds. The van der Waals surface area contributed by atoms with E-state index in [9.17, 15) is 14.4 Å². The zero-order valence-corrected chi connectivity index (χ0v) is 12.4. The lowest BCUT2D eigenvalue weighted by Crippen LogP contribution is -2.54. The maximum absolute atomic E-state index is 12.5. The number of nitrogens with one attached hydrogen (secondary N) is 2. The van der Waals surface area contributed by atoms with Crippen LogP contribution in [0.1, 0.15) is 19.3 Å². The van der Waals surface area contributed by atoms with Crippen molar-refractivity contribution in [3.05, 3.63) is 0 Å². The Hall–Kier alpha value is -1.67. The van der Waals surface area contributed by atoms with Crippen LogP contribution in [0.2, 0.25) is 0 Å². The van der Waals surface area contributed by atoms with Gasteiger partial charge in [-0.3, -0.25) is 14.5 Å². The highest BCUT2D eigenvalue weighted by atomic mass is 16.2. The molecule has 0 atom stereocenters. The minimum Gasteiger partial charge on any atom is -0.355 e. The molecule has 0 aliphatic carbocycles. The second kappa shape index (κ2) is 6.40. The average Bonchev–Trinajstić information content (AvgIpc) is 2.69. The number of urea groups is 1. The first-order valence-corrected chi connectivity index (χ1v) is 7.28. The van der Waals surface area contributed by atoms with Gasteiger partial charge in [-0.15, -0.1) is 0 Å². The van der Waals surface area contributed by atoms with Gasteiger partial charge < -0.3 is 21.3 Å². The second-order valence-electron chi connectivity index (χ2n) is 5.66. The van der Waals surface area contributed by atoms with Crippen LogP contribution in [0.15, 0.2) is 0 Å². The number of carbonyl (C=O) groups is 3. The topological polar surface area (TPSA) is 108 Å². The summed E-state index contributed by atoms with van der Waals surface area (Å²) in [5.41, 5.74) is 4.53. The predicted molar refractivity (Wildman–Crippen MR) is 76.4 cm³/mol. The molecule has 2 heterocycles. The van der Waals surface area contributed by atoms with Crippen LogP contribution in [-0.4, -0.2) is 73.0 Å². The Labute approximate surface area is 124 Å². The van der Waals surface area contributed by atoms with Gasteiger partial charge in [0.25, 0.3) is 5.91 Å². The Morgan fingerprint density at radius 2 is 2.05 bits per heavy atom. The summed E-state index contributed by atoms with van der Waals surface area (Å²) in [6.07, 6.45) is 1.34.